The molecule has 2 heterocycles. The molecule has 0 fully saturated rings. The minimum atomic E-state index is -4.70. The van der Waals surface area contributed by atoms with E-state index in [1.165, 1.54) is 18.3 Å². The maximum absolute atomic E-state index is 12.6. The number of aromatic nitrogens is 2. The number of pyridine rings is 1. The summed E-state index contributed by atoms with van der Waals surface area (Å²) in [6.07, 6.45) is -3.43. The van der Waals surface area contributed by atoms with Gasteiger partial charge in [-0.3, -0.25) is 4.57 Å². The number of alkyl halides is 3. The summed E-state index contributed by atoms with van der Waals surface area (Å²) in [5.74, 6) is -1.88. The number of nitriles is 1. The maximum Gasteiger partial charge on any atom is 0.433 e. The second-order valence-electron chi connectivity index (χ2n) is 3.75. The van der Waals surface area contributed by atoms with Gasteiger partial charge >= 0.3 is 12.1 Å². The van der Waals surface area contributed by atoms with Gasteiger partial charge in [0.15, 0.2) is 5.82 Å². The first-order chi connectivity index (χ1) is 9.34. The van der Waals surface area contributed by atoms with Gasteiger partial charge in [0.1, 0.15) is 23.0 Å². The minimum Gasteiger partial charge on any atom is -0.478 e. The Balaban J connectivity index is 2.72. The van der Waals surface area contributed by atoms with Crippen molar-refractivity contribution in [1.82, 2.24) is 9.55 Å². The van der Waals surface area contributed by atoms with Crippen LogP contribution in [-0.2, 0) is 6.18 Å². The van der Waals surface area contributed by atoms with Crippen molar-refractivity contribution in [3.05, 3.63) is 47.4 Å². The molecule has 2 aromatic heterocycles. The highest BCUT2D eigenvalue weighted by molar-refractivity contribution is 5.91. The first kappa shape index (κ1) is 13.6. The SMILES string of the molecule is N#Cc1cccn1-c1nc(C(F)(F)F)ccc1C(=O)O. The fourth-order valence-corrected chi connectivity index (χ4v) is 1.61. The number of carbonyl (C=O) groups is 1. The Morgan fingerprint density at radius 3 is 2.60 bits per heavy atom. The van der Waals surface area contributed by atoms with Crippen LogP contribution in [0.15, 0.2) is 30.5 Å². The molecule has 2 aromatic rings. The summed E-state index contributed by atoms with van der Waals surface area (Å²) < 4.78 is 38.9. The zero-order valence-electron chi connectivity index (χ0n) is 9.72. The van der Waals surface area contributed by atoms with Crippen LogP contribution in [0.2, 0.25) is 0 Å². The highest BCUT2D eigenvalue weighted by atomic mass is 19.4. The average Bonchev–Trinajstić information content (AvgIpc) is 2.84. The zero-order chi connectivity index (χ0) is 14.9. The normalized spacial score (nSPS) is 11.1. The molecule has 0 bridgehead atoms. The summed E-state index contributed by atoms with van der Waals surface area (Å²) in [4.78, 5) is 14.4. The van der Waals surface area contributed by atoms with Crippen LogP contribution in [0, 0.1) is 11.3 Å². The van der Waals surface area contributed by atoms with Crippen molar-refractivity contribution >= 4 is 5.97 Å². The van der Waals surface area contributed by atoms with Crippen molar-refractivity contribution < 1.29 is 23.1 Å². The van der Waals surface area contributed by atoms with E-state index < -0.39 is 29.2 Å². The van der Waals surface area contributed by atoms with Gasteiger partial charge in [0.05, 0.1) is 0 Å². The second kappa shape index (κ2) is 4.70. The van der Waals surface area contributed by atoms with Crippen molar-refractivity contribution in [2.24, 2.45) is 0 Å². The Labute approximate surface area is 110 Å². The van der Waals surface area contributed by atoms with Gasteiger partial charge in [-0.1, -0.05) is 0 Å². The lowest BCUT2D eigenvalue weighted by Crippen LogP contribution is -2.14. The van der Waals surface area contributed by atoms with Crippen molar-refractivity contribution in [2.75, 3.05) is 0 Å². The van der Waals surface area contributed by atoms with Crippen LogP contribution in [0.4, 0.5) is 13.2 Å². The van der Waals surface area contributed by atoms with Gasteiger partial charge in [0, 0.05) is 6.20 Å². The van der Waals surface area contributed by atoms with Crippen LogP contribution in [-0.4, -0.2) is 20.6 Å². The molecule has 102 valence electrons. The molecule has 0 atom stereocenters. The lowest BCUT2D eigenvalue weighted by atomic mass is 10.2. The maximum atomic E-state index is 12.6. The zero-order valence-corrected chi connectivity index (χ0v) is 9.72. The van der Waals surface area contributed by atoms with Crippen LogP contribution < -0.4 is 0 Å². The van der Waals surface area contributed by atoms with Crippen molar-refractivity contribution in [2.45, 2.75) is 6.18 Å². The number of nitrogens with zero attached hydrogens (tertiary/aromatic N) is 3. The summed E-state index contributed by atoms with van der Waals surface area (Å²) in [5.41, 5.74) is -1.67. The number of rotatable bonds is 2. The second-order valence-corrected chi connectivity index (χ2v) is 3.75. The van der Waals surface area contributed by atoms with Gasteiger partial charge in [-0.2, -0.15) is 18.4 Å². The molecule has 0 amide bonds. The van der Waals surface area contributed by atoms with E-state index in [1.807, 2.05) is 0 Å². The van der Waals surface area contributed by atoms with Gasteiger partial charge in [0.25, 0.3) is 0 Å². The predicted molar refractivity (Wildman–Crippen MR) is 60.2 cm³/mol. The van der Waals surface area contributed by atoms with Crippen molar-refractivity contribution in [1.29, 1.82) is 5.26 Å². The fraction of sp³-hybridized carbons (Fsp3) is 0.0833. The molecule has 0 aliphatic carbocycles. The van der Waals surface area contributed by atoms with E-state index in [0.29, 0.717) is 6.07 Å². The van der Waals surface area contributed by atoms with Crippen molar-refractivity contribution in [3.63, 3.8) is 0 Å². The first-order valence-electron chi connectivity index (χ1n) is 5.24. The fourth-order valence-electron chi connectivity index (χ4n) is 1.61. The Bertz CT molecular complexity index is 713. The van der Waals surface area contributed by atoms with E-state index in [0.717, 1.165) is 10.6 Å². The van der Waals surface area contributed by atoms with E-state index in [9.17, 15) is 18.0 Å². The molecule has 0 saturated heterocycles. The van der Waals surface area contributed by atoms with Crippen molar-refractivity contribution in [3.8, 4) is 11.9 Å². The van der Waals surface area contributed by atoms with Gasteiger partial charge in [-0.05, 0) is 24.3 Å². The predicted octanol–water partition coefficient (Wildman–Crippen LogP) is 2.46. The van der Waals surface area contributed by atoms with Crippen LogP contribution in [0.25, 0.3) is 5.82 Å². The van der Waals surface area contributed by atoms with Gasteiger partial charge in [-0.15, -0.1) is 0 Å². The quantitative estimate of drug-likeness (QED) is 0.917. The Morgan fingerprint density at radius 1 is 1.35 bits per heavy atom. The number of hydrogen-bond donors (Lipinski definition) is 1. The van der Waals surface area contributed by atoms with Gasteiger partial charge < -0.3 is 5.11 Å². The number of carboxylic acids is 1. The number of aromatic carboxylic acids is 1. The summed E-state index contributed by atoms with van der Waals surface area (Å²) in [7, 11) is 0. The lowest BCUT2D eigenvalue weighted by Gasteiger charge is -2.11. The summed E-state index contributed by atoms with van der Waals surface area (Å²) >= 11 is 0. The highest BCUT2D eigenvalue weighted by Gasteiger charge is 2.34. The molecule has 0 radical (unpaired) electrons. The van der Waals surface area contributed by atoms with E-state index in [-0.39, 0.29) is 5.69 Å². The molecule has 20 heavy (non-hydrogen) atoms. The lowest BCUT2D eigenvalue weighted by molar-refractivity contribution is -0.141. The minimum absolute atomic E-state index is 0.0145. The van der Waals surface area contributed by atoms with Crippen LogP contribution in [0.1, 0.15) is 21.7 Å². The molecule has 0 aromatic carbocycles. The molecular formula is C12H6F3N3O2. The van der Waals surface area contributed by atoms with Gasteiger partial charge in [-0.25, -0.2) is 9.78 Å². The molecule has 0 aliphatic rings. The molecule has 0 unspecified atom stereocenters. The third kappa shape index (κ3) is 2.33. The summed E-state index contributed by atoms with van der Waals surface area (Å²) in [6.45, 7) is 0. The van der Waals surface area contributed by atoms with E-state index >= 15 is 0 Å². The largest absolute Gasteiger partial charge is 0.478 e. The highest BCUT2D eigenvalue weighted by Crippen LogP contribution is 2.29. The Kier molecular flexibility index (Phi) is 3.19. The van der Waals surface area contributed by atoms with E-state index in [2.05, 4.69) is 4.98 Å². The smallest absolute Gasteiger partial charge is 0.433 e. The summed E-state index contributed by atoms with van der Waals surface area (Å²) in [6, 6.07) is 5.90. The Hall–Kier alpha value is -2.82. The molecule has 5 nitrogen and oxygen atoms in total. The average molecular weight is 281 g/mol. The molecule has 0 spiro atoms. The summed E-state index contributed by atoms with van der Waals surface area (Å²) in [5, 5.41) is 17.9. The number of carboxylic acid groups (broad SMARTS) is 1. The molecule has 0 saturated carbocycles. The molecule has 8 heteroatoms. The third-order valence-electron chi connectivity index (χ3n) is 2.49. The van der Waals surface area contributed by atoms with Gasteiger partial charge in [0.2, 0.25) is 0 Å². The molecule has 2 rings (SSSR count). The standard InChI is InChI=1S/C12H6F3N3O2/c13-12(14,15)9-4-3-8(11(19)20)10(17-9)18-5-1-2-7(18)6-16/h1-5H,(H,19,20). The van der Waals surface area contributed by atoms with Crippen LogP contribution in [0.3, 0.4) is 0 Å². The van der Waals surface area contributed by atoms with E-state index in [1.54, 1.807) is 6.07 Å². The Morgan fingerprint density at radius 2 is 2.05 bits per heavy atom. The third-order valence-corrected chi connectivity index (χ3v) is 2.49. The molecular weight excluding hydrogens is 275 g/mol. The molecule has 0 aliphatic heterocycles. The first-order valence-corrected chi connectivity index (χ1v) is 5.24. The van der Waals surface area contributed by atoms with Crippen LogP contribution >= 0.6 is 0 Å². The number of hydrogen-bond acceptors (Lipinski definition) is 3. The van der Waals surface area contributed by atoms with E-state index in [4.69, 9.17) is 10.4 Å². The van der Waals surface area contributed by atoms with Crippen LogP contribution in [0.5, 0.6) is 0 Å². The number of halogens is 3. The molecule has 1 N–H and O–H groups in total. The monoisotopic (exact) mass is 281 g/mol. The topological polar surface area (TPSA) is 78.9 Å².